The van der Waals surface area contributed by atoms with Crippen LogP contribution >= 0.6 is 0 Å². The van der Waals surface area contributed by atoms with E-state index in [0.717, 1.165) is 25.1 Å². The number of nitrogens with one attached hydrogen (secondary N) is 1. The van der Waals surface area contributed by atoms with Crippen LogP contribution in [0.25, 0.3) is 0 Å². The molecule has 0 saturated carbocycles. The van der Waals surface area contributed by atoms with Crippen LogP contribution in [-0.2, 0) is 16.0 Å². The van der Waals surface area contributed by atoms with Gasteiger partial charge in [-0.15, -0.1) is 0 Å². The number of benzene rings is 1. The van der Waals surface area contributed by atoms with Crippen LogP contribution in [0.1, 0.15) is 17.5 Å². The van der Waals surface area contributed by atoms with Crippen LogP contribution in [0.15, 0.2) is 18.2 Å². The summed E-state index contributed by atoms with van der Waals surface area (Å²) in [7, 11) is 1.72. The third kappa shape index (κ3) is 3.07. The highest BCUT2D eigenvalue weighted by Crippen LogP contribution is 2.21. The molecule has 0 aliphatic carbocycles. The SMILES string of the molecule is COC1(CNCc2ccc(F)c(C)c2)CCOC1. The number of ether oxygens (including phenoxy) is 2. The Morgan fingerprint density at radius 3 is 2.94 bits per heavy atom. The maximum atomic E-state index is 13.1. The van der Waals surface area contributed by atoms with Crippen molar-refractivity contribution in [3.63, 3.8) is 0 Å². The van der Waals surface area contributed by atoms with Gasteiger partial charge < -0.3 is 14.8 Å². The zero-order valence-corrected chi connectivity index (χ0v) is 11.0. The van der Waals surface area contributed by atoms with Gasteiger partial charge in [0.1, 0.15) is 11.4 Å². The number of rotatable bonds is 5. The summed E-state index contributed by atoms with van der Waals surface area (Å²) in [6.07, 6.45) is 0.916. The van der Waals surface area contributed by atoms with Gasteiger partial charge in [0, 0.05) is 33.2 Å². The smallest absolute Gasteiger partial charge is 0.126 e. The van der Waals surface area contributed by atoms with Gasteiger partial charge in [0.2, 0.25) is 0 Å². The summed E-state index contributed by atoms with van der Waals surface area (Å²) in [5, 5.41) is 3.35. The maximum absolute atomic E-state index is 13.1. The molecule has 0 bridgehead atoms. The lowest BCUT2D eigenvalue weighted by atomic mass is 10.0. The summed E-state index contributed by atoms with van der Waals surface area (Å²) in [5.41, 5.74) is 1.56. The number of hydrogen-bond donors (Lipinski definition) is 1. The summed E-state index contributed by atoms with van der Waals surface area (Å²) in [6.45, 7) is 4.64. The molecule has 0 spiro atoms. The summed E-state index contributed by atoms with van der Waals surface area (Å²) < 4.78 is 24.0. The van der Waals surface area contributed by atoms with Crippen LogP contribution in [0, 0.1) is 12.7 Å². The molecule has 1 aromatic carbocycles. The normalized spacial score (nSPS) is 23.5. The Bertz CT molecular complexity index is 403. The molecular formula is C14H20FNO2. The zero-order chi connectivity index (χ0) is 13.0. The fraction of sp³-hybridized carbons (Fsp3) is 0.571. The molecule has 1 N–H and O–H groups in total. The lowest BCUT2D eigenvalue weighted by Gasteiger charge is -2.26. The minimum Gasteiger partial charge on any atom is -0.378 e. The second kappa shape index (κ2) is 5.78. The Morgan fingerprint density at radius 2 is 2.33 bits per heavy atom. The molecule has 1 heterocycles. The van der Waals surface area contributed by atoms with Crippen LogP contribution in [0.2, 0.25) is 0 Å². The van der Waals surface area contributed by atoms with E-state index in [1.165, 1.54) is 6.07 Å². The summed E-state index contributed by atoms with van der Waals surface area (Å²) in [6, 6.07) is 5.18. The molecule has 100 valence electrons. The predicted molar refractivity (Wildman–Crippen MR) is 68.0 cm³/mol. The topological polar surface area (TPSA) is 30.5 Å². The second-order valence-electron chi connectivity index (χ2n) is 4.88. The van der Waals surface area contributed by atoms with E-state index >= 15 is 0 Å². The van der Waals surface area contributed by atoms with E-state index < -0.39 is 0 Å². The molecule has 1 fully saturated rings. The molecule has 1 unspecified atom stereocenters. The van der Waals surface area contributed by atoms with Gasteiger partial charge in [-0.2, -0.15) is 0 Å². The van der Waals surface area contributed by atoms with Crippen LogP contribution in [-0.4, -0.2) is 32.5 Å². The standard InChI is InChI=1S/C14H20FNO2/c1-11-7-12(3-4-13(11)15)8-16-9-14(17-2)5-6-18-10-14/h3-4,7,16H,5-6,8-10H2,1-2H3. The van der Waals surface area contributed by atoms with Crippen molar-refractivity contribution >= 4 is 0 Å². The largest absolute Gasteiger partial charge is 0.378 e. The zero-order valence-electron chi connectivity index (χ0n) is 11.0. The third-order valence-corrected chi connectivity index (χ3v) is 3.50. The number of aryl methyl sites for hydroxylation is 1. The first-order valence-corrected chi connectivity index (χ1v) is 6.24. The van der Waals surface area contributed by atoms with E-state index in [1.807, 2.05) is 6.07 Å². The molecule has 3 nitrogen and oxygen atoms in total. The predicted octanol–water partition coefficient (Wildman–Crippen LogP) is 2.03. The molecule has 1 aliphatic heterocycles. The summed E-state index contributed by atoms with van der Waals surface area (Å²) in [4.78, 5) is 0. The Balaban J connectivity index is 1.86. The van der Waals surface area contributed by atoms with Crippen molar-refractivity contribution in [3.8, 4) is 0 Å². The van der Waals surface area contributed by atoms with Crippen molar-refractivity contribution in [1.29, 1.82) is 0 Å². The Hall–Kier alpha value is -0.970. The fourth-order valence-corrected chi connectivity index (χ4v) is 2.21. The van der Waals surface area contributed by atoms with Crippen molar-refractivity contribution in [2.45, 2.75) is 25.5 Å². The molecule has 1 atom stereocenters. The average molecular weight is 253 g/mol. The molecule has 4 heteroatoms. The Labute approximate surface area is 107 Å². The summed E-state index contributed by atoms with van der Waals surface area (Å²) >= 11 is 0. The van der Waals surface area contributed by atoms with Gasteiger partial charge in [-0.3, -0.25) is 0 Å². The van der Waals surface area contributed by atoms with Crippen molar-refractivity contribution in [3.05, 3.63) is 35.1 Å². The van der Waals surface area contributed by atoms with Crippen LogP contribution < -0.4 is 5.32 Å². The second-order valence-corrected chi connectivity index (χ2v) is 4.88. The van der Waals surface area contributed by atoms with E-state index in [9.17, 15) is 4.39 Å². The number of hydrogen-bond acceptors (Lipinski definition) is 3. The van der Waals surface area contributed by atoms with Gasteiger partial charge in [-0.05, 0) is 24.1 Å². The lowest BCUT2D eigenvalue weighted by molar-refractivity contribution is -0.0159. The molecule has 2 rings (SSSR count). The van der Waals surface area contributed by atoms with Gasteiger partial charge >= 0.3 is 0 Å². The highest BCUT2D eigenvalue weighted by molar-refractivity contribution is 5.23. The van der Waals surface area contributed by atoms with Crippen LogP contribution in [0.4, 0.5) is 4.39 Å². The molecule has 0 amide bonds. The van der Waals surface area contributed by atoms with Crippen molar-refractivity contribution in [2.24, 2.45) is 0 Å². The van der Waals surface area contributed by atoms with Gasteiger partial charge in [-0.1, -0.05) is 12.1 Å². The van der Waals surface area contributed by atoms with Crippen LogP contribution in [0.3, 0.4) is 0 Å². The van der Waals surface area contributed by atoms with E-state index in [2.05, 4.69) is 5.32 Å². The van der Waals surface area contributed by atoms with E-state index in [-0.39, 0.29) is 11.4 Å². The van der Waals surface area contributed by atoms with E-state index in [4.69, 9.17) is 9.47 Å². The Morgan fingerprint density at radius 1 is 1.50 bits per heavy atom. The molecule has 1 saturated heterocycles. The highest BCUT2D eigenvalue weighted by atomic mass is 19.1. The molecular weight excluding hydrogens is 233 g/mol. The van der Waals surface area contributed by atoms with Gasteiger partial charge in [0.25, 0.3) is 0 Å². The first-order chi connectivity index (χ1) is 8.65. The monoisotopic (exact) mass is 253 g/mol. The van der Waals surface area contributed by atoms with Gasteiger partial charge in [-0.25, -0.2) is 4.39 Å². The quantitative estimate of drug-likeness (QED) is 0.871. The minimum absolute atomic E-state index is 0.156. The van der Waals surface area contributed by atoms with Crippen molar-refractivity contribution < 1.29 is 13.9 Å². The van der Waals surface area contributed by atoms with Gasteiger partial charge in [0.05, 0.1) is 6.61 Å². The van der Waals surface area contributed by atoms with E-state index in [0.29, 0.717) is 18.7 Å². The third-order valence-electron chi connectivity index (χ3n) is 3.50. The van der Waals surface area contributed by atoms with Crippen molar-refractivity contribution in [1.82, 2.24) is 5.32 Å². The minimum atomic E-state index is -0.199. The molecule has 1 aliphatic rings. The lowest BCUT2D eigenvalue weighted by Crippen LogP contribution is -2.42. The molecule has 1 aromatic rings. The van der Waals surface area contributed by atoms with Gasteiger partial charge in [0.15, 0.2) is 0 Å². The number of methoxy groups -OCH3 is 1. The molecule has 0 radical (unpaired) electrons. The first-order valence-electron chi connectivity index (χ1n) is 6.24. The van der Waals surface area contributed by atoms with E-state index in [1.54, 1.807) is 20.1 Å². The highest BCUT2D eigenvalue weighted by Gasteiger charge is 2.34. The number of halogens is 1. The Kier molecular flexibility index (Phi) is 4.32. The maximum Gasteiger partial charge on any atom is 0.126 e. The first kappa shape index (κ1) is 13.5. The average Bonchev–Trinajstić information content (AvgIpc) is 2.83. The van der Waals surface area contributed by atoms with Crippen molar-refractivity contribution in [2.75, 3.05) is 26.9 Å². The molecule has 0 aromatic heterocycles. The fourth-order valence-electron chi connectivity index (χ4n) is 2.21. The van der Waals surface area contributed by atoms with Crippen LogP contribution in [0.5, 0.6) is 0 Å². The molecule has 18 heavy (non-hydrogen) atoms. The summed E-state index contributed by atoms with van der Waals surface area (Å²) in [5.74, 6) is -0.156.